The monoisotopic (exact) mass is 498 g/mol. The minimum Gasteiger partial charge on any atom is -0.381 e. The molecule has 0 atom stereocenters. The van der Waals surface area contributed by atoms with E-state index >= 15 is 0 Å². The molecule has 9 heteroatoms. The van der Waals surface area contributed by atoms with Crippen molar-refractivity contribution >= 4 is 34.8 Å². The maximum atomic E-state index is 14.8. The van der Waals surface area contributed by atoms with Gasteiger partial charge in [-0.25, -0.2) is 13.8 Å². The lowest BCUT2D eigenvalue weighted by Crippen LogP contribution is -2.16. The number of carbonyl (C=O) groups is 1. The molecule has 1 aliphatic rings. The number of aromatic nitrogens is 2. The highest BCUT2D eigenvalue weighted by Gasteiger charge is 2.23. The van der Waals surface area contributed by atoms with Crippen LogP contribution in [0.3, 0.4) is 0 Å². The predicted molar refractivity (Wildman–Crippen MR) is 132 cm³/mol. The van der Waals surface area contributed by atoms with Crippen LogP contribution in [0.25, 0.3) is 0 Å². The number of ketones is 1. The summed E-state index contributed by atoms with van der Waals surface area (Å²) in [7, 11) is 0. The maximum absolute atomic E-state index is 14.8. The maximum Gasteiger partial charge on any atom is 0.229 e. The summed E-state index contributed by atoms with van der Waals surface area (Å²) in [6, 6.07) is 10.0. The smallest absolute Gasteiger partial charge is 0.229 e. The molecule has 0 amide bonds. The Morgan fingerprint density at radius 2 is 1.89 bits per heavy atom. The van der Waals surface area contributed by atoms with Crippen LogP contribution in [0.4, 0.5) is 26.2 Å². The molecule has 6 nitrogen and oxygen atoms in total. The van der Waals surface area contributed by atoms with Gasteiger partial charge in [0, 0.05) is 37.4 Å². The first-order chi connectivity index (χ1) is 16.9. The Labute approximate surface area is 207 Å². The third kappa shape index (κ3) is 6.41. The molecule has 2 N–H and O–H groups in total. The minimum atomic E-state index is -0.610. The number of anilines is 3. The molecular formula is C26H25ClF2N4O2. The fourth-order valence-electron chi connectivity index (χ4n) is 4.02. The summed E-state index contributed by atoms with van der Waals surface area (Å²) < 4.78 is 34.8. The van der Waals surface area contributed by atoms with E-state index in [1.807, 2.05) is 24.3 Å². The molecular weight excluding hydrogens is 474 g/mol. The third-order valence-electron chi connectivity index (χ3n) is 5.77. The van der Waals surface area contributed by atoms with Crippen molar-refractivity contribution in [1.29, 1.82) is 0 Å². The summed E-state index contributed by atoms with van der Waals surface area (Å²) in [6.07, 6.45) is 4.16. The Kier molecular flexibility index (Phi) is 8.05. The van der Waals surface area contributed by atoms with Gasteiger partial charge in [0.15, 0.2) is 11.6 Å². The normalized spacial score (nSPS) is 13.9. The number of nitrogens with one attached hydrogen (secondary N) is 2. The Morgan fingerprint density at radius 3 is 2.60 bits per heavy atom. The number of hydrogen-bond acceptors (Lipinski definition) is 6. The molecule has 3 aromatic rings. The van der Waals surface area contributed by atoms with Gasteiger partial charge in [-0.1, -0.05) is 42.4 Å². The third-order valence-corrected chi connectivity index (χ3v) is 6.04. The van der Waals surface area contributed by atoms with Crippen molar-refractivity contribution in [2.75, 3.05) is 23.8 Å². The van der Waals surface area contributed by atoms with Crippen molar-refractivity contribution in [2.24, 2.45) is 0 Å². The summed E-state index contributed by atoms with van der Waals surface area (Å²) in [5.41, 5.74) is 2.09. The van der Waals surface area contributed by atoms with Crippen molar-refractivity contribution in [3.63, 3.8) is 0 Å². The summed E-state index contributed by atoms with van der Waals surface area (Å²) in [6.45, 7) is 4.88. The highest BCUT2D eigenvalue weighted by molar-refractivity contribution is 6.32. The van der Waals surface area contributed by atoms with Gasteiger partial charge in [-0.15, -0.1) is 0 Å². The fraction of sp³-hybridized carbons (Fsp3) is 0.269. The molecule has 1 aliphatic heterocycles. The van der Waals surface area contributed by atoms with Crippen LogP contribution in [0.15, 0.2) is 55.3 Å². The van der Waals surface area contributed by atoms with Gasteiger partial charge >= 0.3 is 0 Å². The quantitative estimate of drug-likeness (QED) is 0.355. The Bertz CT molecular complexity index is 1210. The lowest BCUT2D eigenvalue weighted by atomic mass is 9.90. The molecule has 0 bridgehead atoms. The summed E-state index contributed by atoms with van der Waals surface area (Å²) in [4.78, 5) is 20.1. The first kappa shape index (κ1) is 24.8. The van der Waals surface area contributed by atoms with E-state index < -0.39 is 11.6 Å². The second kappa shape index (κ2) is 11.4. The number of benzene rings is 2. The Balaban J connectivity index is 1.45. The van der Waals surface area contributed by atoms with Crippen molar-refractivity contribution in [1.82, 2.24) is 9.97 Å². The van der Waals surface area contributed by atoms with Crippen LogP contribution in [0.1, 0.15) is 35.4 Å². The van der Waals surface area contributed by atoms with Gasteiger partial charge in [-0.3, -0.25) is 4.79 Å². The topological polar surface area (TPSA) is 76.1 Å². The largest absolute Gasteiger partial charge is 0.381 e. The van der Waals surface area contributed by atoms with E-state index in [0.717, 1.165) is 11.1 Å². The molecule has 1 aromatic heterocycles. The molecule has 1 saturated heterocycles. The number of halogens is 3. The highest BCUT2D eigenvalue weighted by atomic mass is 35.5. The van der Waals surface area contributed by atoms with Crippen LogP contribution in [-0.4, -0.2) is 29.0 Å². The van der Waals surface area contributed by atoms with Crippen LogP contribution in [0, 0.1) is 11.6 Å². The molecule has 0 spiro atoms. The molecule has 1 fully saturated rings. The molecule has 0 saturated carbocycles. The van der Waals surface area contributed by atoms with E-state index in [-0.39, 0.29) is 35.3 Å². The highest BCUT2D eigenvalue weighted by Crippen LogP contribution is 2.33. The number of carbonyl (C=O) groups excluding carboxylic acids is 1. The summed E-state index contributed by atoms with van der Waals surface area (Å²) >= 11 is 6.24. The Hall–Kier alpha value is -3.36. The zero-order chi connectivity index (χ0) is 24.8. The zero-order valence-corrected chi connectivity index (χ0v) is 19.7. The van der Waals surface area contributed by atoms with E-state index in [0.29, 0.717) is 43.4 Å². The molecule has 2 heterocycles. The van der Waals surface area contributed by atoms with E-state index in [9.17, 15) is 13.6 Å². The van der Waals surface area contributed by atoms with Crippen LogP contribution in [0.2, 0.25) is 5.02 Å². The van der Waals surface area contributed by atoms with Gasteiger partial charge in [0.2, 0.25) is 5.95 Å². The van der Waals surface area contributed by atoms with Crippen LogP contribution >= 0.6 is 11.6 Å². The van der Waals surface area contributed by atoms with Gasteiger partial charge in [0.05, 0.1) is 6.20 Å². The van der Waals surface area contributed by atoms with Gasteiger partial charge in [-0.2, -0.15) is 4.98 Å². The average Bonchev–Trinajstić information content (AvgIpc) is 2.85. The molecule has 2 aromatic carbocycles. The first-order valence-corrected chi connectivity index (χ1v) is 11.6. The van der Waals surface area contributed by atoms with Gasteiger partial charge < -0.3 is 15.4 Å². The lowest BCUT2D eigenvalue weighted by molar-refractivity contribution is -0.114. The average molecular weight is 499 g/mol. The molecule has 35 heavy (non-hydrogen) atoms. The van der Waals surface area contributed by atoms with Gasteiger partial charge in [0.25, 0.3) is 0 Å². The number of rotatable bonds is 9. The lowest BCUT2D eigenvalue weighted by Gasteiger charge is -2.23. The summed E-state index contributed by atoms with van der Waals surface area (Å²) in [5, 5.41) is 6.28. The van der Waals surface area contributed by atoms with Crippen molar-refractivity contribution < 1.29 is 18.3 Å². The second-order valence-electron chi connectivity index (χ2n) is 8.28. The number of hydrogen-bond donors (Lipinski definition) is 2. The molecule has 0 aliphatic carbocycles. The van der Waals surface area contributed by atoms with Crippen molar-refractivity contribution in [3.05, 3.63) is 88.6 Å². The van der Waals surface area contributed by atoms with Crippen LogP contribution < -0.4 is 10.6 Å². The number of allylic oxidation sites excluding steroid dienone is 1. The predicted octanol–water partition coefficient (Wildman–Crippen LogP) is 5.96. The minimum absolute atomic E-state index is 0.0571. The fourth-order valence-corrected chi connectivity index (χ4v) is 4.18. The first-order valence-electron chi connectivity index (χ1n) is 11.3. The molecule has 0 radical (unpaired) electrons. The second-order valence-corrected chi connectivity index (χ2v) is 8.68. The van der Waals surface area contributed by atoms with E-state index in [1.54, 1.807) is 0 Å². The number of nitrogens with zero attached hydrogens (tertiary/aromatic N) is 2. The molecule has 182 valence electrons. The zero-order valence-electron chi connectivity index (χ0n) is 19.0. The van der Waals surface area contributed by atoms with Crippen LogP contribution in [-0.2, 0) is 22.5 Å². The van der Waals surface area contributed by atoms with Crippen molar-refractivity contribution in [3.8, 4) is 0 Å². The van der Waals surface area contributed by atoms with Gasteiger partial charge in [-0.05, 0) is 48.1 Å². The van der Waals surface area contributed by atoms with Crippen molar-refractivity contribution in [2.45, 2.75) is 31.7 Å². The van der Waals surface area contributed by atoms with E-state index in [2.05, 4.69) is 27.2 Å². The molecule has 0 unspecified atom stereocenters. The SMILES string of the molecule is C=CC(=O)Cc1cccc(CNc2nc(Nc3cc(F)c(C4CCOCC4)c(F)c3)ncc2Cl)c1. The van der Waals surface area contributed by atoms with Crippen LogP contribution in [0.5, 0.6) is 0 Å². The van der Waals surface area contributed by atoms with E-state index in [4.69, 9.17) is 16.3 Å². The molecule has 4 rings (SSSR count). The standard InChI is InChI=1S/C26H25ClF2N4O2/c1-2-20(34)11-16-4-3-5-17(10-16)14-30-25-21(27)15-31-26(33-25)32-19-12-22(28)24(23(29)13-19)18-6-8-35-9-7-18/h2-5,10,12-13,15,18H,1,6-9,11,14H2,(H2,30,31,32,33). The number of ether oxygens (including phenoxy) is 1. The van der Waals surface area contributed by atoms with E-state index in [1.165, 1.54) is 24.4 Å². The van der Waals surface area contributed by atoms with Gasteiger partial charge in [0.1, 0.15) is 16.7 Å². The summed E-state index contributed by atoms with van der Waals surface area (Å²) in [5.74, 6) is -0.980. The Morgan fingerprint density at radius 1 is 1.17 bits per heavy atom.